The maximum Gasteiger partial charge on any atom is 0.0662 e. The summed E-state index contributed by atoms with van der Waals surface area (Å²) in [5.41, 5.74) is 3.56. The summed E-state index contributed by atoms with van der Waals surface area (Å²) in [6, 6.07) is 2.18. The molecule has 0 aliphatic heterocycles. The number of aryl methyl sites for hydroxylation is 1. The second-order valence-electron chi connectivity index (χ2n) is 2.56. The second-order valence-corrected chi connectivity index (χ2v) is 3.51. The topological polar surface area (TPSA) is 32.3 Å². The minimum atomic E-state index is 0.106. The molecule has 0 saturated heterocycles. The Morgan fingerprint density at radius 3 is 2.82 bits per heavy atom. The summed E-state index contributed by atoms with van der Waals surface area (Å²) in [6.07, 6.45) is 0.915. The van der Waals surface area contributed by atoms with E-state index in [9.17, 15) is 0 Å². The van der Waals surface area contributed by atoms with E-state index in [-0.39, 0.29) is 6.04 Å². The molecule has 0 aliphatic rings. The zero-order valence-corrected chi connectivity index (χ0v) is 7.61. The van der Waals surface area contributed by atoms with Gasteiger partial charge in [0.1, 0.15) is 0 Å². The Balaban J connectivity index is 2.81. The molecule has 0 aromatic carbocycles. The smallest absolute Gasteiger partial charge is 0.0662 e. The highest BCUT2D eigenvalue weighted by molar-refractivity contribution is 7.10. The largest absolute Gasteiger partial charge is 0.316 e. The van der Waals surface area contributed by atoms with Crippen LogP contribution in [-0.4, -0.2) is 5.21 Å². The normalized spacial score (nSPS) is 13.4. The fourth-order valence-electron chi connectivity index (χ4n) is 1.08. The lowest BCUT2D eigenvalue weighted by molar-refractivity contribution is 0.125. The Labute approximate surface area is 70.8 Å². The summed E-state index contributed by atoms with van der Waals surface area (Å²) < 4.78 is 0. The molecule has 2 nitrogen and oxygen atoms in total. The molecule has 2 N–H and O–H groups in total. The molecule has 62 valence electrons. The standard InChI is InChI=1S/C8H13NOS/c1-3-7(9-10)8-6(2)4-5-11-8/h4-5,7,9-10H,3H2,1-2H3. The van der Waals surface area contributed by atoms with Crippen LogP contribution in [0.25, 0.3) is 0 Å². The summed E-state index contributed by atoms with van der Waals surface area (Å²) in [5, 5.41) is 10.8. The zero-order chi connectivity index (χ0) is 8.27. The molecule has 1 heterocycles. The fraction of sp³-hybridized carbons (Fsp3) is 0.500. The van der Waals surface area contributed by atoms with Gasteiger partial charge in [-0.1, -0.05) is 6.92 Å². The van der Waals surface area contributed by atoms with Crippen LogP contribution in [0.2, 0.25) is 0 Å². The highest BCUT2D eigenvalue weighted by atomic mass is 32.1. The van der Waals surface area contributed by atoms with E-state index in [2.05, 4.69) is 18.5 Å². The molecule has 0 amide bonds. The molecule has 3 heteroatoms. The van der Waals surface area contributed by atoms with Crippen LogP contribution in [-0.2, 0) is 0 Å². The van der Waals surface area contributed by atoms with Crippen molar-refractivity contribution in [2.45, 2.75) is 26.3 Å². The van der Waals surface area contributed by atoms with Crippen LogP contribution in [0, 0.1) is 6.92 Å². The first kappa shape index (κ1) is 8.71. The van der Waals surface area contributed by atoms with E-state index in [0.29, 0.717) is 0 Å². The maximum atomic E-state index is 8.78. The van der Waals surface area contributed by atoms with Gasteiger partial charge in [0.25, 0.3) is 0 Å². The van der Waals surface area contributed by atoms with Crippen molar-refractivity contribution in [3.8, 4) is 0 Å². The minimum absolute atomic E-state index is 0.106. The van der Waals surface area contributed by atoms with Crippen LogP contribution in [0.3, 0.4) is 0 Å². The summed E-state index contributed by atoms with van der Waals surface area (Å²) in [5.74, 6) is 0. The second kappa shape index (κ2) is 3.85. The van der Waals surface area contributed by atoms with Crippen molar-refractivity contribution < 1.29 is 5.21 Å². The van der Waals surface area contributed by atoms with Crippen LogP contribution in [0.5, 0.6) is 0 Å². The number of hydrogen-bond acceptors (Lipinski definition) is 3. The van der Waals surface area contributed by atoms with Gasteiger partial charge in [0, 0.05) is 4.88 Å². The van der Waals surface area contributed by atoms with Crippen molar-refractivity contribution in [3.63, 3.8) is 0 Å². The number of hydroxylamine groups is 1. The van der Waals surface area contributed by atoms with Gasteiger partial charge in [-0.25, -0.2) is 0 Å². The first-order valence-electron chi connectivity index (χ1n) is 3.73. The molecule has 1 aromatic rings. The van der Waals surface area contributed by atoms with Crippen molar-refractivity contribution in [1.82, 2.24) is 5.48 Å². The molecule has 0 radical (unpaired) electrons. The fourth-order valence-corrected chi connectivity index (χ4v) is 2.13. The lowest BCUT2D eigenvalue weighted by Crippen LogP contribution is -2.15. The Morgan fingerprint density at radius 2 is 2.45 bits per heavy atom. The molecule has 0 fully saturated rings. The average Bonchev–Trinajstić information content (AvgIpc) is 2.40. The van der Waals surface area contributed by atoms with Crippen LogP contribution < -0.4 is 5.48 Å². The molecule has 1 atom stereocenters. The van der Waals surface area contributed by atoms with E-state index in [0.717, 1.165) is 6.42 Å². The highest BCUT2D eigenvalue weighted by Gasteiger charge is 2.10. The van der Waals surface area contributed by atoms with Gasteiger partial charge in [-0.05, 0) is 30.4 Å². The van der Waals surface area contributed by atoms with E-state index in [1.807, 2.05) is 12.3 Å². The lowest BCUT2D eigenvalue weighted by Gasteiger charge is -2.10. The highest BCUT2D eigenvalue weighted by Crippen LogP contribution is 2.25. The van der Waals surface area contributed by atoms with E-state index >= 15 is 0 Å². The molecular weight excluding hydrogens is 158 g/mol. The molecule has 0 saturated carbocycles. The van der Waals surface area contributed by atoms with E-state index < -0.39 is 0 Å². The van der Waals surface area contributed by atoms with Crippen LogP contribution in [0.4, 0.5) is 0 Å². The van der Waals surface area contributed by atoms with Gasteiger partial charge < -0.3 is 5.21 Å². The third kappa shape index (κ3) is 1.80. The van der Waals surface area contributed by atoms with Crippen LogP contribution in [0.1, 0.15) is 29.8 Å². The predicted octanol–water partition coefficient (Wildman–Crippen LogP) is 2.49. The molecule has 0 spiro atoms. The van der Waals surface area contributed by atoms with Crippen molar-refractivity contribution in [2.24, 2.45) is 0 Å². The quantitative estimate of drug-likeness (QED) is 0.685. The number of hydrogen-bond donors (Lipinski definition) is 2. The summed E-state index contributed by atoms with van der Waals surface area (Å²) in [6.45, 7) is 4.11. The monoisotopic (exact) mass is 171 g/mol. The average molecular weight is 171 g/mol. The number of rotatable bonds is 3. The Morgan fingerprint density at radius 1 is 1.73 bits per heavy atom. The predicted molar refractivity (Wildman–Crippen MR) is 47.0 cm³/mol. The first-order chi connectivity index (χ1) is 5.29. The Kier molecular flexibility index (Phi) is 3.05. The molecule has 1 unspecified atom stereocenters. The van der Waals surface area contributed by atoms with Crippen LogP contribution >= 0.6 is 11.3 Å². The third-order valence-electron chi connectivity index (χ3n) is 1.78. The molecule has 11 heavy (non-hydrogen) atoms. The van der Waals surface area contributed by atoms with Gasteiger partial charge in [-0.3, -0.25) is 0 Å². The molecule has 1 rings (SSSR count). The summed E-state index contributed by atoms with van der Waals surface area (Å²) in [7, 11) is 0. The van der Waals surface area contributed by atoms with Crippen molar-refractivity contribution in [2.75, 3.05) is 0 Å². The summed E-state index contributed by atoms with van der Waals surface area (Å²) >= 11 is 1.68. The minimum Gasteiger partial charge on any atom is -0.316 e. The van der Waals surface area contributed by atoms with Gasteiger partial charge in [0.2, 0.25) is 0 Å². The van der Waals surface area contributed by atoms with Gasteiger partial charge in [0.15, 0.2) is 0 Å². The SMILES string of the molecule is CCC(NO)c1sccc1C. The molecular formula is C8H13NOS. The Bertz CT molecular complexity index is 218. The Hall–Kier alpha value is -0.380. The molecule has 0 bridgehead atoms. The molecule has 0 aliphatic carbocycles. The molecule has 1 aromatic heterocycles. The zero-order valence-electron chi connectivity index (χ0n) is 6.79. The van der Waals surface area contributed by atoms with Gasteiger partial charge in [0.05, 0.1) is 6.04 Å². The number of nitrogens with one attached hydrogen (secondary N) is 1. The van der Waals surface area contributed by atoms with Crippen molar-refractivity contribution >= 4 is 11.3 Å². The van der Waals surface area contributed by atoms with Gasteiger partial charge in [-0.2, -0.15) is 5.48 Å². The van der Waals surface area contributed by atoms with Crippen LogP contribution in [0.15, 0.2) is 11.4 Å². The van der Waals surface area contributed by atoms with Gasteiger partial charge in [-0.15, -0.1) is 11.3 Å². The third-order valence-corrected chi connectivity index (χ3v) is 2.91. The van der Waals surface area contributed by atoms with Crippen molar-refractivity contribution in [1.29, 1.82) is 0 Å². The van der Waals surface area contributed by atoms with Crippen molar-refractivity contribution in [3.05, 3.63) is 21.9 Å². The van der Waals surface area contributed by atoms with E-state index in [1.165, 1.54) is 10.4 Å². The van der Waals surface area contributed by atoms with Gasteiger partial charge >= 0.3 is 0 Å². The first-order valence-corrected chi connectivity index (χ1v) is 4.61. The van der Waals surface area contributed by atoms with E-state index in [4.69, 9.17) is 5.21 Å². The van der Waals surface area contributed by atoms with E-state index in [1.54, 1.807) is 11.3 Å². The number of thiophene rings is 1. The summed E-state index contributed by atoms with van der Waals surface area (Å²) in [4.78, 5) is 1.23. The maximum absolute atomic E-state index is 8.78. The lowest BCUT2D eigenvalue weighted by atomic mass is 10.1.